The Morgan fingerprint density at radius 1 is 0.824 bits per heavy atom. The molecular formula is C31H44N8O11S. The van der Waals surface area contributed by atoms with E-state index in [0.29, 0.717) is 23.3 Å². The molecule has 0 aliphatic rings. The van der Waals surface area contributed by atoms with E-state index in [0.717, 1.165) is 0 Å². The molecule has 0 saturated heterocycles. The molecule has 0 radical (unpaired) electrons. The number of phenols is 1. The predicted octanol–water partition coefficient (Wildman–Crippen LogP) is -3.55. The highest BCUT2D eigenvalue weighted by atomic mass is 32.2. The van der Waals surface area contributed by atoms with Gasteiger partial charge in [-0.25, -0.2) is 4.98 Å². The molecule has 1 aromatic carbocycles. The first-order chi connectivity index (χ1) is 24.3. The van der Waals surface area contributed by atoms with Gasteiger partial charge in [0.05, 0.1) is 25.6 Å². The quantitative estimate of drug-likeness (QED) is 0.0493. The van der Waals surface area contributed by atoms with Crippen LogP contribution in [-0.2, 0) is 46.4 Å². The Bertz CT molecular complexity index is 1460. The fraction of sp³-hybridized carbons (Fsp3) is 0.484. The van der Waals surface area contributed by atoms with Crippen molar-refractivity contribution < 1.29 is 54.0 Å². The number of aliphatic carboxylic acids is 1. The summed E-state index contributed by atoms with van der Waals surface area (Å²) in [6.07, 6.45) is 4.10. The van der Waals surface area contributed by atoms with Crippen LogP contribution in [0.25, 0.3) is 0 Å². The number of hydrogen-bond acceptors (Lipinski definition) is 13. The maximum absolute atomic E-state index is 13.4. The number of carboxylic acid groups (broad SMARTS) is 1. The van der Waals surface area contributed by atoms with E-state index in [9.17, 15) is 54.0 Å². The molecule has 20 heteroatoms. The molecule has 0 aliphatic carbocycles. The fourth-order valence-electron chi connectivity index (χ4n) is 4.54. The van der Waals surface area contributed by atoms with Gasteiger partial charge < -0.3 is 62.5 Å². The molecule has 0 saturated carbocycles. The van der Waals surface area contributed by atoms with Gasteiger partial charge in [0.1, 0.15) is 42.2 Å². The molecule has 2 aromatic rings. The molecule has 0 fully saturated rings. The third-order valence-corrected chi connectivity index (χ3v) is 8.01. The summed E-state index contributed by atoms with van der Waals surface area (Å²) in [6.45, 7) is -1.65. The third-order valence-electron chi connectivity index (χ3n) is 7.37. The van der Waals surface area contributed by atoms with Crippen molar-refractivity contribution in [3.8, 4) is 5.75 Å². The molecular weight excluding hydrogens is 692 g/mol. The van der Waals surface area contributed by atoms with Crippen molar-refractivity contribution in [3.05, 3.63) is 48.0 Å². The van der Waals surface area contributed by atoms with Crippen LogP contribution in [0, 0.1) is 0 Å². The second-order valence-electron chi connectivity index (χ2n) is 11.3. The fourth-order valence-corrected chi connectivity index (χ4v) is 5.01. The minimum atomic E-state index is -1.63. The zero-order chi connectivity index (χ0) is 37.9. The van der Waals surface area contributed by atoms with Crippen molar-refractivity contribution in [2.75, 3.05) is 25.2 Å². The summed E-state index contributed by atoms with van der Waals surface area (Å²) in [7, 11) is 0. The molecule has 12 N–H and O–H groups in total. The number of benzene rings is 1. The molecule has 5 amide bonds. The standard InChI is InChI=1S/C31H44N8O11S/c1-51-9-8-23(29(48)36-22(6-7-26(44)45)28(47)35-19(13-40)11-18-12-33-16-34-18)37-31(50)25(15-42)39-30(49)24(38-27(46)21(32)14-41)10-17-2-4-20(43)5-3-17/h2-5,12-13,16,19,21-25,41-43H,6-11,14-15,32H2,1H3,(H,33,34)(H,35,47)(H,36,48)(H,37,50)(H,38,46)(H,39,49)(H,44,45)/t19-,21-,22-,23-,24-,25-/m0/s1. The van der Waals surface area contributed by atoms with E-state index in [1.54, 1.807) is 6.26 Å². The molecule has 2 rings (SSSR count). The van der Waals surface area contributed by atoms with Gasteiger partial charge in [-0.05, 0) is 42.5 Å². The van der Waals surface area contributed by atoms with Gasteiger partial charge >= 0.3 is 5.97 Å². The Morgan fingerprint density at radius 2 is 1.39 bits per heavy atom. The van der Waals surface area contributed by atoms with E-state index in [4.69, 9.17) is 5.73 Å². The number of carbonyl (C=O) groups excluding carboxylic acids is 6. The first-order valence-corrected chi connectivity index (χ1v) is 17.1. The average molecular weight is 737 g/mol. The van der Waals surface area contributed by atoms with Crippen LogP contribution in [0.4, 0.5) is 0 Å². The van der Waals surface area contributed by atoms with Crippen LogP contribution in [-0.4, -0.2) is 134 Å². The summed E-state index contributed by atoms with van der Waals surface area (Å²) < 4.78 is 0. The molecule has 280 valence electrons. The Labute approximate surface area is 296 Å². The summed E-state index contributed by atoms with van der Waals surface area (Å²) in [6, 6.07) is -2.45. The van der Waals surface area contributed by atoms with Crippen LogP contribution in [0.15, 0.2) is 36.8 Å². The van der Waals surface area contributed by atoms with E-state index in [2.05, 4.69) is 36.6 Å². The van der Waals surface area contributed by atoms with Crippen molar-refractivity contribution in [1.29, 1.82) is 0 Å². The van der Waals surface area contributed by atoms with Gasteiger partial charge in [0.2, 0.25) is 29.5 Å². The Balaban J connectivity index is 2.20. The maximum atomic E-state index is 13.4. The van der Waals surface area contributed by atoms with E-state index < -0.39 is 91.4 Å². The number of thioether (sulfide) groups is 1. The lowest BCUT2D eigenvalue weighted by Crippen LogP contribution is -2.60. The molecule has 0 spiro atoms. The van der Waals surface area contributed by atoms with Crippen LogP contribution in [0.3, 0.4) is 0 Å². The average Bonchev–Trinajstić information content (AvgIpc) is 3.63. The number of amides is 5. The lowest BCUT2D eigenvalue weighted by atomic mass is 10.0. The zero-order valence-corrected chi connectivity index (χ0v) is 28.6. The number of aromatic hydroxyl groups is 1. The number of nitrogens with one attached hydrogen (secondary N) is 6. The van der Waals surface area contributed by atoms with Crippen molar-refractivity contribution in [2.45, 2.75) is 68.4 Å². The van der Waals surface area contributed by atoms with Gasteiger partial charge in [-0.2, -0.15) is 11.8 Å². The topological polar surface area (TPSA) is 315 Å². The van der Waals surface area contributed by atoms with Crippen molar-refractivity contribution in [1.82, 2.24) is 36.6 Å². The minimum absolute atomic E-state index is 0.0213. The maximum Gasteiger partial charge on any atom is 0.303 e. The van der Waals surface area contributed by atoms with Crippen LogP contribution < -0.4 is 32.3 Å². The van der Waals surface area contributed by atoms with E-state index in [1.807, 2.05) is 0 Å². The lowest BCUT2D eigenvalue weighted by molar-refractivity contribution is -0.138. The smallest absolute Gasteiger partial charge is 0.303 e. The second-order valence-corrected chi connectivity index (χ2v) is 12.3. The molecule has 51 heavy (non-hydrogen) atoms. The van der Waals surface area contributed by atoms with Gasteiger partial charge in [-0.1, -0.05) is 12.1 Å². The number of aliphatic hydroxyl groups is 2. The molecule has 0 bridgehead atoms. The number of H-pyrrole nitrogens is 1. The number of aromatic amines is 1. The number of aromatic nitrogens is 2. The Morgan fingerprint density at radius 3 is 1.94 bits per heavy atom. The lowest BCUT2D eigenvalue weighted by Gasteiger charge is -2.26. The van der Waals surface area contributed by atoms with Gasteiger partial charge in [-0.15, -0.1) is 0 Å². The van der Waals surface area contributed by atoms with Crippen molar-refractivity contribution in [3.63, 3.8) is 0 Å². The first kappa shape index (κ1) is 42.1. The van der Waals surface area contributed by atoms with Gasteiger partial charge in [0.15, 0.2) is 0 Å². The summed E-state index contributed by atoms with van der Waals surface area (Å²) in [4.78, 5) is 95.2. The van der Waals surface area contributed by atoms with Gasteiger partial charge in [0.25, 0.3) is 0 Å². The largest absolute Gasteiger partial charge is 0.508 e. The number of imidazole rings is 1. The Kier molecular flexibility index (Phi) is 18.1. The molecule has 0 unspecified atom stereocenters. The molecule has 0 aliphatic heterocycles. The highest BCUT2D eigenvalue weighted by Gasteiger charge is 2.32. The number of aldehydes is 1. The summed E-state index contributed by atoms with van der Waals surface area (Å²) in [5, 5.41) is 50.1. The third kappa shape index (κ3) is 14.8. The molecule has 6 atom stereocenters. The minimum Gasteiger partial charge on any atom is -0.508 e. The van der Waals surface area contributed by atoms with Gasteiger partial charge in [0, 0.05) is 31.2 Å². The van der Waals surface area contributed by atoms with Crippen LogP contribution in [0.5, 0.6) is 5.75 Å². The normalized spacial score (nSPS) is 14.4. The monoisotopic (exact) mass is 736 g/mol. The molecule has 1 aromatic heterocycles. The predicted molar refractivity (Wildman–Crippen MR) is 182 cm³/mol. The van der Waals surface area contributed by atoms with E-state index in [1.165, 1.54) is 48.6 Å². The Hall–Kier alpha value is -5.05. The number of carboxylic acids is 1. The zero-order valence-electron chi connectivity index (χ0n) is 27.7. The number of phenolic OH excluding ortho intramolecular Hbond substituents is 1. The number of hydrogen-bond donors (Lipinski definition) is 11. The number of nitrogens with zero attached hydrogens (tertiary/aromatic N) is 1. The first-order valence-electron chi connectivity index (χ1n) is 15.7. The second kappa shape index (κ2) is 21.9. The van der Waals surface area contributed by atoms with Crippen LogP contribution in [0.2, 0.25) is 0 Å². The summed E-state index contributed by atoms with van der Waals surface area (Å²) in [5.41, 5.74) is 6.60. The number of rotatable bonds is 23. The summed E-state index contributed by atoms with van der Waals surface area (Å²) in [5.74, 6) is -5.49. The van der Waals surface area contributed by atoms with E-state index in [-0.39, 0.29) is 31.4 Å². The number of nitrogens with two attached hydrogens (primary N) is 1. The number of carbonyl (C=O) groups is 7. The highest BCUT2D eigenvalue weighted by Crippen LogP contribution is 2.12. The van der Waals surface area contributed by atoms with Crippen molar-refractivity contribution in [2.24, 2.45) is 5.73 Å². The van der Waals surface area contributed by atoms with Crippen LogP contribution in [0.1, 0.15) is 30.5 Å². The SMILES string of the molecule is CSCC[C@H](NC(=O)[C@H](CO)NC(=O)[C@H](Cc1ccc(O)cc1)NC(=O)[C@@H](N)CO)C(=O)N[C@@H](CCC(=O)O)C(=O)N[C@H](C=O)Cc1cnc[nH]1. The molecule has 1 heterocycles. The number of aliphatic hydroxyl groups excluding tert-OH is 2. The summed E-state index contributed by atoms with van der Waals surface area (Å²) >= 11 is 1.33. The highest BCUT2D eigenvalue weighted by molar-refractivity contribution is 7.98. The van der Waals surface area contributed by atoms with Gasteiger partial charge in [-0.3, -0.25) is 28.8 Å². The van der Waals surface area contributed by atoms with E-state index >= 15 is 0 Å². The molecule has 19 nitrogen and oxygen atoms in total. The van der Waals surface area contributed by atoms with Crippen LogP contribution >= 0.6 is 11.8 Å². The van der Waals surface area contributed by atoms with Crippen molar-refractivity contribution >= 4 is 53.6 Å².